The first-order valence-electron chi connectivity index (χ1n) is 40.9. The van der Waals surface area contributed by atoms with Gasteiger partial charge in [-0.2, -0.15) is 0 Å². The Morgan fingerprint density at radius 3 is 0.606 bits per heavy atom. The highest BCUT2D eigenvalue weighted by molar-refractivity contribution is 5.78. The number of hydrogen-bond donors (Lipinski definition) is 0. The highest BCUT2D eigenvalue weighted by atomic mass is 16.5. The zero-order valence-electron chi connectivity index (χ0n) is 67.9. The van der Waals surface area contributed by atoms with E-state index in [0.29, 0.717) is 67.6 Å². The molecule has 0 aromatic heterocycles. The number of ether oxygens (including phenoxy) is 8. The van der Waals surface area contributed by atoms with Gasteiger partial charge in [0.05, 0.1) is 75.3 Å². The molecular formula is C89H196N8O12. The van der Waals surface area contributed by atoms with Gasteiger partial charge in [-0.1, -0.05) is 79.7 Å². The van der Waals surface area contributed by atoms with Gasteiger partial charge in [0.25, 0.3) is 0 Å². The summed E-state index contributed by atoms with van der Waals surface area (Å²) in [6.45, 7) is 61.5. The van der Waals surface area contributed by atoms with E-state index in [1.807, 2.05) is 75.0 Å². The maximum Gasteiger partial charge on any atom is 0.222 e. The van der Waals surface area contributed by atoms with E-state index >= 15 is 0 Å². The fourth-order valence-electron chi connectivity index (χ4n) is 12.5. The van der Waals surface area contributed by atoms with Gasteiger partial charge in [0, 0.05) is 131 Å². The molecule has 664 valence electrons. The predicted molar refractivity (Wildman–Crippen MR) is 472 cm³/mol. The molecule has 0 aliphatic carbocycles. The van der Waals surface area contributed by atoms with Crippen LogP contribution in [0.3, 0.4) is 0 Å². The first-order valence-corrected chi connectivity index (χ1v) is 40.9. The Morgan fingerprint density at radius 2 is 0.376 bits per heavy atom. The lowest BCUT2D eigenvalue weighted by atomic mass is 10.1. The number of likely N-dealkylation sites (tertiary alicyclic amines) is 8. The molecule has 4 amide bonds. The lowest BCUT2D eigenvalue weighted by molar-refractivity contribution is -0.134. The monoisotopic (exact) mass is 1570 g/mol. The Bertz CT molecular complexity index is 1900. The summed E-state index contributed by atoms with van der Waals surface area (Å²) in [6, 6.07) is 0. The molecule has 0 saturated carbocycles. The highest BCUT2D eigenvalue weighted by Crippen LogP contribution is 2.15. The van der Waals surface area contributed by atoms with E-state index in [2.05, 4.69) is 75.0 Å². The van der Waals surface area contributed by atoms with Gasteiger partial charge in [0.15, 0.2) is 0 Å². The minimum atomic E-state index is 0. The van der Waals surface area contributed by atoms with Gasteiger partial charge < -0.3 is 77.1 Å². The fraction of sp³-hybridized carbons (Fsp3) is 0.955. The van der Waals surface area contributed by atoms with E-state index in [9.17, 15) is 19.2 Å². The van der Waals surface area contributed by atoms with E-state index in [0.717, 1.165) is 182 Å². The molecule has 8 saturated heterocycles. The van der Waals surface area contributed by atoms with Gasteiger partial charge >= 0.3 is 0 Å². The zero-order valence-corrected chi connectivity index (χ0v) is 67.9. The fourth-order valence-corrected chi connectivity index (χ4v) is 12.5. The third-order valence-electron chi connectivity index (χ3n) is 18.0. The predicted octanol–water partition coefficient (Wildman–Crippen LogP) is 19.0. The summed E-state index contributed by atoms with van der Waals surface area (Å²) >= 11 is 0. The topological polar surface area (TPSA) is 168 Å². The first-order chi connectivity index (χ1) is 47.9. The first kappa shape index (κ1) is 125. The quantitative estimate of drug-likeness (QED) is 0.0543. The van der Waals surface area contributed by atoms with Crippen molar-refractivity contribution in [3.05, 3.63) is 0 Å². The lowest BCUT2D eigenvalue weighted by Gasteiger charge is -2.26. The van der Waals surface area contributed by atoms with Crippen molar-refractivity contribution in [3.63, 3.8) is 0 Å². The van der Waals surface area contributed by atoms with Crippen molar-refractivity contribution in [3.8, 4) is 0 Å². The molecule has 0 aromatic rings. The Balaban J connectivity index is -0.000000148. The molecular weight excluding hydrogens is 1370 g/mol. The Hall–Kier alpha value is -2.60. The molecule has 0 aromatic carbocycles. The van der Waals surface area contributed by atoms with E-state index in [1.165, 1.54) is 142 Å². The molecule has 8 heterocycles. The molecule has 0 atom stereocenters. The molecule has 0 N–H and O–H groups in total. The van der Waals surface area contributed by atoms with Crippen molar-refractivity contribution in [2.24, 2.45) is 0 Å². The van der Waals surface area contributed by atoms with Crippen LogP contribution in [0.2, 0.25) is 0 Å². The Morgan fingerprint density at radius 1 is 0.202 bits per heavy atom. The summed E-state index contributed by atoms with van der Waals surface area (Å²) in [6.07, 6.45) is 30.3. The zero-order chi connectivity index (χ0) is 74.0. The second-order valence-electron chi connectivity index (χ2n) is 30.3. The summed E-state index contributed by atoms with van der Waals surface area (Å²) < 4.78 is 43.5. The van der Waals surface area contributed by atoms with Crippen LogP contribution >= 0.6 is 0 Å². The average Bonchev–Trinajstić information content (AvgIpc) is 1.43. The van der Waals surface area contributed by atoms with E-state index in [4.69, 9.17) is 37.9 Å². The maximum atomic E-state index is 11.4. The number of hydrogen-bond acceptors (Lipinski definition) is 16. The molecule has 0 spiro atoms. The molecule has 8 rings (SSSR count). The summed E-state index contributed by atoms with van der Waals surface area (Å²) in [4.78, 5) is 62.8. The van der Waals surface area contributed by atoms with Crippen molar-refractivity contribution >= 4 is 23.6 Å². The lowest BCUT2D eigenvalue weighted by Crippen LogP contribution is -2.37. The summed E-state index contributed by atoms with van der Waals surface area (Å²) in [5.74, 6) is 1.20. The van der Waals surface area contributed by atoms with Crippen molar-refractivity contribution < 1.29 is 57.1 Å². The van der Waals surface area contributed by atoms with Crippen LogP contribution in [-0.4, -0.2) is 295 Å². The molecule has 0 radical (unpaired) electrons. The van der Waals surface area contributed by atoms with Gasteiger partial charge in [0.1, 0.15) is 0 Å². The minimum absolute atomic E-state index is 0. The van der Waals surface area contributed by atoms with Crippen LogP contribution in [0.25, 0.3) is 0 Å². The average molecular weight is 1570 g/mol. The van der Waals surface area contributed by atoms with Crippen LogP contribution in [0.1, 0.15) is 332 Å². The second kappa shape index (κ2) is 83.3. The van der Waals surface area contributed by atoms with Crippen molar-refractivity contribution in [1.82, 2.24) is 39.2 Å². The molecule has 109 heavy (non-hydrogen) atoms. The highest BCUT2D eigenvalue weighted by Gasteiger charge is 2.22. The molecule has 8 fully saturated rings. The van der Waals surface area contributed by atoms with Gasteiger partial charge in [-0.3, -0.25) is 19.2 Å². The number of carbonyl (C=O) groups is 4. The van der Waals surface area contributed by atoms with Crippen LogP contribution in [0, 0.1) is 0 Å². The summed E-state index contributed by atoms with van der Waals surface area (Å²) in [5, 5.41) is 0. The van der Waals surface area contributed by atoms with Crippen LogP contribution in [0.15, 0.2) is 0 Å². The SMILES string of the molecule is C.C.C.C.C.C.C.C.C.CC(C)OCCCN1CCCC1.CC(C)OCCCN1CCCC1=O.CC(C)OCCCN1CCCCC1.CC(C)OCCCN1CCCCC1=O.CC(C)OCCN1CCCC1.CC(C)OCCN1CCCC1=O.CC(C)OCCN1CCCCC1.CC(C)OCCN1CCCCC1=O. The van der Waals surface area contributed by atoms with Crippen molar-refractivity contribution in [2.45, 2.75) is 381 Å². The molecule has 0 unspecified atom stereocenters. The standard InChI is InChI=1S/C11H21NO2.C11H23NO.2C10H19NO2.2C10H21NO.C9H17NO2.C9H19NO.9CH4/c1-10(2)14-9-5-8-12-7-4-3-6-11(12)13;1-11(2)13-10-6-9-12-7-4-3-5-8-12;1-9(2)13-8-4-7-11-6-3-5-10(11)12;1-9(2)13-8-7-11-6-4-3-5-10(11)12;1-10(2)12-9-5-8-11-6-3-4-7-11;1-10(2)12-9-8-11-6-4-3-5-7-11;1-8(2)12-7-6-10-5-3-4-9(10)11;1-9(2)11-8-7-10-5-3-4-6-10;;;;;;;;;/h10H,3-9H2,1-2H3;11H,3-10H2,1-2H3;2*9H,3-8H2,1-2H3;2*10H,3-9H2,1-2H3;8H,3-7H2,1-2H3;9H,3-8H2,1-2H3;9*1H4. The smallest absolute Gasteiger partial charge is 0.222 e. The third kappa shape index (κ3) is 76.5. The van der Waals surface area contributed by atoms with Crippen LogP contribution in [-0.2, 0) is 57.1 Å². The number of carbonyl (C=O) groups excluding carboxylic acids is 4. The third-order valence-corrected chi connectivity index (χ3v) is 18.0. The van der Waals surface area contributed by atoms with Gasteiger partial charge in [-0.25, -0.2) is 0 Å². The van der Waals surface area contributed by atoms with Gasteiger partial charge in [-0.05, 0) is 279 Å². The number of nitrogens with zero attached hydrogens (tertiary/aromatic N) is 8. The molecule has 20 heteroatoms. The number of piperidine rings is 4. The molecule has 8 aliphatic heterocycles. The second-order valence-corrected chi connectivity index (χ2v) is 30.3. The minimum Gasteiger partial charge on any atom is -0.379 e. The van der Waals surface area contributed by atoms with Gasteiger partial charge in [-0.15, -0.1) is 0 Å². The van der Waals surface area contributed by atoms with Crippen molar-refractivity contribution in [1.29, 1.82) is 0 Å². The number of amides is 4. The van der Waals surface area contributed by atoms with E-state index in [-0.39, 0.29) is 85.0 Å². The molecule has 20 nitrogen and oxygen atoms in total. The molecule has 8 aliphatic rings. The largest absolute Gasteiger partial charge is 0.379 e. The van der Waals surface area contributed by atoms with E-state index in [1.54, 1.807) is 0 Å². The maximum absolute atomic E-state index is 11.4. The Kier molecular flexibility index (Phi) is 95.3. The number of rotatable bonds is 36. The van der Waals surface area contributed by atoms with Gasteiger partial charge in [0.2, 0.25) is 23.6 Å². The van der Waals surface area contributed by atoms with Crippen LogP contribution in [0.4, 0.5) is 0 Å². The normalized spacial score (nSPS) is 17.2. The summed E-state index contributed by atoms with van der Waals surface area (Å²) in [5.41, 5.74) is 0. The van der Waals surface area contributed by atoms with Crippen LogP contribution < -0.4 is 0 Å². The van der Waals surface area contributed by atoms with Crippen LogP contribution in [0.5, 0.6) is 0 Å². The summed E-state index contributed by atoms with van der Waals surface area (Å²) in [7, 11) is 0. The molecule has 0 bridgehead atoms. The van der Waals surface area contributed by atoms with Crippen molar-refractivity contribution in [2.75, 3.05) is 184 Å². The van der Waals surface area contributed by atoms with E-state index < -0.39 is 0 Å². The Labute approximate surface area is 681 Å².